The molecule has 0 atom stereocenters. The maximum absolute atomic E-state index is 11.6. The highest BCUT2D eigenvalue weighted by Crippen LogP contribution is 2.26. The molecule has 2 aromatic carbocycles. The first-order chi connectivity index (χ1) is 10.2. The van der Waals surface area contributed by atoms with Gasteiger partial charge in [0.25, 0.3) is 0 Å². The minimum absolute atomic E-state index is 0.162. The van der Waals surface area contributed by atoms with E-state index >= 15 is 0 Å². The number of carbonyl (C=O) groups is 1. The van der Waals surface area contributed by atoms with Gasteiger partial charge in [0, 0.05) is 11.0 Å². The van der Waals surface area contributed by atoms with Crippen LogP contribution in [0.25, 0.3) is 0 Å². The second-order valence-electron chi connectivity index (χ2n) is 4.41. The molecule has 2 aromatic rings. The standard InChI is InChI=1S/C16H14BrN3O/c17-13-6-7-14(15(10-13)20-16(21)8-9-18)19-11-12-4-2-1-3-5-12/h1-7,10,19H,8,11H2,(H,20,21). The van der Waals surface area contributed by atoms with E-state index in [9.17, 15) is 4.79 Å². The molecule has 1 amide bonds. The van der Waals surface area contributed by atoms with Gasteiger partial charge in [-0.25, -0.2) is 0 Å². The normalized spacial score (nSPS) is 9.71. The lowest BCUT2D eigenvalue weighted by atomic mass is 10.2. The molecule has 0 aromatic heterocycles. The zero-order valence-electron chi connectivity index (χ0n) is 11.3. The van der Waals surface area contributed by atoms with Crippen molar-refractivity contribution in [1.29, 1.82) is 5.26 Å². The molecule has 0 saturated carbocycles. The average Bonchev–Trinajstić information content (AvgIpc) is 2.48. The van der Waals surface area contributed by atoms with Gasteiger partial charge in [0.15, 0.2) is 0 Å². The molecular weight excluding hydrogens is 330 g/mol. The zero-order valence-corrected chi connectivity index (χ0v) is 12.9. The Hall–Kier alpha value is -2.32. The maximum atomic E-state index is 11.6. The number of nitrogens with one attached hydrogen (secondary N) is 2. The molecule has 0 aliphatic heterocycles. The van der Waals surface area contributed by atoms with Crippen molar-refractivity contribution in [2.24, 2.45) is 0 Å². The zero-order chi connectivity index (χ0) is 15.1. The maximum Gasteiger partial charge on any atom is 0.238 e. The second-order valence-corrected chi connectivity index (χ2v) is 5.33. The van der Waals surface area contributed by atoms with Gasteiger partial charge in [-0.15, -0.1) is 0 Å². The Morgan fingerprint density at radius 1 is 1.14 bits per heavy atom. The van der Waals surface area contributed by atoms with Crippen LogP contribution in [-0.4, -0.2) is 5.91 Å². The highest BCUT2D eigenvalue weighted by Gasteiger charge is 2.07. The molecule has 0 heterocycles. The summed E-state index contributed by atoms with van der Waals surface area (Å²) in [5.41, 5.74) is 2.61. The number of amides is 1. The van der Waals surface area contributed by atoms with Gasteiger partial charge in [0.2, 0.25) is 5.91 Å². The van der Waals surface area contributed by atoms with Crippen LogP contribution in [0.3, 0.4) is 0 Å². The summed E-state index contributed by atoms with van der Waals surface area (Å²) < 4.78 is 0.861. The third-order valence-corrected chi connectivity index (χ3v) is 3.31. The molecule has 0 spiro atoms. The van der Waals surface area contributed by atoms with Gasteiger partial charge in [-0.2, -0.15) is 5.26 Å². The van der Waals surface area contributed by atoms with E-state index in [-0.39, 0.29) is 12.3 Å². The fraction of sp³-hybridized carbons (Fsp3) is 0.125. The largest absolute Gasteiger partial charge is 0.379 e. The highest BCUT2D eigenvalue weighted by atomic mass is 79.9. The third-order valence-electron chi connectivity index (χ3n) is 2.82. The molecule has 21 heavy (non-hydrogen) atoms. The number of benzene rings is 2. The first kappa shape index (κ1) is 15.1. The average molecular weight is 344 g/mol. The molecule has 2 rings (SSSR count). The number of nitrogens with zero attached hydrogens (tertiary/aromatic N) is 1. The van der Waals surface area contributed by atoms with E-state index in [1.807, 2.05) is 54.6 Å². The smallest absolute Gasteiger partial charge is 0.238 e. The fourth-order valence-corrected chi connectivity index (χ4v) is 2.19. The van der Waals surface area contributed by atoms with Gasteiger partial charge < -0.3 is 10.6 Å². The Bertz CT molecular complexity index is 665. The van der Waals surface area contributed by atoms with Crippen molar-refractivity contribution in [2.75, 3.05) is 10.6 Å². The Kier molecular flexibility index (Phi) is 5.35. The van der Waals surface area contributed by atoms with E-state index < -0.39 is 0 Å². The third kappa shape index (κ3) is 4.62. The number of hydrogen-bond donors (Lipinski definition) is 2. The van der Waals surface area contributed by atoms with Crippen molar-refractivity contribution in [1.82, 2.24) is 0 Å². The molecule has 2 N–H and O–H groups in total. The summed E-state index contributed by atoms with van der Waals surface area (Å²) in [6, 6.07) is 17.4. The molecule has 0 bridgehead atoms. The van der Waals surface area contributed by atoms with Gasteiger partial charge in [-0.3, -0.25) is 4.79 Å². The topological polar surface area (TPSA) is 64.9 Å². The fourth-order valence-electron chi connectivity index (χ4n) is 1.83. The van der Waals surface area contributed by atoms with Crippen molar-refractivity contribution < 1.29 is 4.79 Å². The minimum Gasteiger partial charge on any atom is -0.379 e. The molecule has 0 fully saturated rings. The van der Waals surface area contributed by atoms with Crippen LogP contribution in [0.1, 0.15) is 12.0 Å². The van der Waals surface area contributed by atoms with Crippen LogP contribution in [0.15, 0.2) is 53.0 Å². The van der Waals surface area contributed by atoms with Crippen molar-refractivity contribution in [3.05, 3.63) is 58.6 Å². The molecule has 0 aliphatic carbocycles. The van der Waals surface area contributed by atoms with Gasteiger partial charge in [0.05, 0.1) is 17.4 Å². The summed E-state index contributed by atoms with van der Waals surface area (Å²) in [4.78, 5) is 11.6. The first-order valence-corrected chi connectivity index (χ1v) is 7.22. The minimum atomic E-state index is -0.321. The number of nitriles is 1. The van der Waals surface area contributed by atoms with E-state index in [1.54, 1.807) is 0 Å². The predicted molar refractivity (Wildman–Crippen MR) is 86.8 cm³/mol. The van der Waals surface area contributed by atoms with E-state index in [4.69, 9.17) is 5.26 Å². The number of halogens is 1. The molecule has 0 radical (unpaired) electrons. The number of rotatable bonds is 5. The van der Waals surface area contributed by atoms with Gasteiger partial charge in [-0.1, -0.05) is 46.3 Å². The molecule has 0 saturated heterocycles. The van der Waals surface area contributed by atoms with Crippen molar-refractivity contribution >= 4 is 33.2 Å². The van der Waals surface area contributed by atoms with Crippen LogP contribution in [0.5, 0.6) is 0 Å². The monoisotopic (exact) mass is 343 g/mol. The Morgan fingerprint density at radius 2 is 1.90 bits per heavy atom. The molecular formula is C16H14BrN3O. The Labute approximate surface area is 131 Å². The predicted octanol–water partition coefficient (Wildman–Crippen LogP) is 3.91. The summed E-state index contributed by atoms with van der Waals surface area (Å²) in [5.74, 6) is -0.321. The van der Waals surface area contributed by atoms with Crippen LogP contribution in [-0.2, 0) is 11.3 Å². The van der Waals surface area contributed by atoms with Gasteiger partial charge in [-0.05, 0) is 23.8 Å². The Morgan fingerprint density at radius 3 is 2.62 bits per heavy atom. The van der Waals surface area contributed by atoms with Crippen molar-refractivity contribution in [2.45, 2.75) is 13.0 Å². The van der Waals surface area contributed by atoms with Crippen molar-refractivity contribution in [3.8, 4) is 6.07 Å². The summed E-state index contributed by atoms with van der Waals surface area (Å²) in [6.45, 7) is 0.656. The van der Waals surface area contributed by atoms with E-state index in [0.29, 0.717) is 12.2 Å². The van der Waals surface area contributed by atoms with Crippen LogP contribution in [0.2, 0.25) is 0 Å². The Balaban J connectivity index is 2.11. The van der Waals surface area contributed by atoms with Crippen LogP contribution in [0, 0.1) is 11.3 Å². The number of hydrogen-bond acceptors (Lipinski definition) is 3. The van der Waals surface area contributed by atoms with E-state index in [1.165, 1.54) is 0 Å². The molecule has 4 nitrogen and oxygen atoms in total. The summed E-state index contributed by atoms with van der Waals surface area (Å²) in [5, 5.41) is 14.6. The van der Waals surface area contributed by atoms with Crippen LogP contribution in [0.4, 0.5) is 11.4 Å². The van der Waals surface area contributed by atoms with Crippen LogP contribution >= 0.6 is 15.9 Å². The van der Waals surface area contributed by atoms with E-state index in [2.05, 4.69) is 26.6 Å². The molecule has 0 unspecified atom stereocenters. The SMILES string of the molecule is N#CCC(=O)Nc1cc(Br)ccc1NCc1ccccc1. The summed E-state index contributed by atoms with van der Waals surface area (Å²) in [7, 11) is 0. The lowest BCUT2D eigenvalue weighted by molar-refractivity contribution is -0.115. The number of anilines is 2. The summed E-state index contributed by atoms with van der Waals surface area (Å²) in [6.07, 6.45) is -0.162. The van der Waals surface area contributed by atoms with Gasteiger partial charge in [0.1, 0.15) is 6.42 Å². The molecule has 5 heteroatoms. The quantitative estimate of drug-likeness (QED) is 0.864. The molecule has 0 aliphatic rings. The second kappa shape index (κ2) is 7.46. The van der Waals surface area contributed by atoms with Gasteiger partial charge >= 0.3 is 0 Å². The number of carbonyl (C=O) groups excluding carboxylic acids is 1. The lowest BCUT2D eigenvalue weighted by Gasteiger charge is -2.13. The summed E-state index contributed by atoms with van der Waals surface area (Å²) >= 11 is 3.38. The van der Waals surface area contributed by atoms with Crippen LogP contribution < -0.4 is 10.6 Å². The molecule has 106 valence electrons. The highest BCUT2D eigenvalue weighted by molar-refractivity contribution is 9.10. The lowest BCUT2D eigenvalue weighted by Crippen LogP contribution is -2.12. The van der Waals surface area contributed by atoms with Crippen molar-refractivity contribution in [3.63, 3.8) is 0 Å². The first-order valence-electron chi connectivity index (χ1n) is 6.43. The van der Waals surface area contributed by atoms with E-state index in [0.717, 1.165) is 15.7 Å².